The summed E-state index contributed by atoms with van der Waals surface area (Å²) in [6, 6.07) is 1.85. The van der Waals surface area contributed by atoms with Crippen LogP contribution in [-0.4, -0.2) is 39.2 Å². The number of hydrogen-bond acceptors (Lipinski definition) is 5. The van der Waals surface area contributed by atoms with E-state index in [0.717, 1.165) is 0 Å². The first-order valence-electron chi connectivity index (χ1n) is 5.31. The van der Waals surface area contributed by atoms with Crippen LogP contribution in [0.15, 0.2) is 18.3 Å². The Morgan fingerprint density at radius 2 is 2.17 bits per heavy atom. The van der Waals surface area contributed by atoms with Gasteiger partial charge in [0.1, 0.15) is 0 Å². The lowest BCUT2D eigenvalue weighted by Crippen LogP contribution is -2.48. The maximum absolute atomic E-state index is 11.6. The second kappa shape index (κ2) is 5.97. The summed E-state index contributed by atoms with van der Waals surface area (Å²) < 4.78 is 0. The highest BCUT2D eigenvalue weighted by Gasteiger charge is 2.24. The average molecular weight is 253 g/mol. The molecule has 7 nitrogen and oxygen atoms in total. The van der Waals surface area contributed by atoms with Crippen molar-refractivity contribution in [1.82, 2.24) is 10.3 Å². The highest BCUT2D eigenvalue weighted by molar-refractivity contribution is 5.85. The molecule has 0 fully saturated rings. The second-order valence-corrected chi connectivity index (χ2v) is 3.88. The number of aromatic nitrogens is 1. The predicted molar refractivity (Wildman–Crippen MR) is 63.6 cm³/mol. The zero-order valence-corrected chi connectivity index (χ0v) is 9.83. The van der Waals surface area contributed by atoms with E-state index in [9.17, 15) is 14.7 Å². The molecule has 1 heterocycles. The number of nitrogen functional groups attached to an aromatic ring is 1. The number of carboxylic acid groups (broad SMARTS) is 1. The number of aliphatic hydroxyl groups excluding tert-OH is 1. The van der Waals surface area contributed by atoms with E-state index in [-0.39, 0.29) is 6.42 Å². The summed E-state index contributed by atoms with van der Waals surface area (Å²) in [6.45, 7) is 1.29. The van der Waals surface area contributed by atoms with Gasteiger partial charge in [-0.2, -0.15) is 0 Å². The first-order chi connectivity index (χ1) is 8.40. The number of pyridine rings is 1. The number of carbonyl (C=O) groups is 2. The van der Waals surface area contributed by atoms with Crippen LogP contribution in [0.4, 0.5) is 5.69 Å². The van der Waals surface area contributed by atoms with Gasteiger partial charge < -0.3 is 21.3 Å². The molecule has 18 heavy (non-hydrogen) atoms. The Kier molecular flexibility index (Phi) is 4.61. The van der Waals surface area contributed by atoms with Gasteiger partial charge in [-0.1, -0.05) is 0 Å². The van der Waals surface area contributed by atoms with Crippen LogP contribution in [0.2, 0.25) is 0 Å². The van der Waals surface area contributed by atoms with E-state index in [1.807, 2.05) is 0 Å². The minimum atomic E-state index is -1.33. The summed E-state index contributed by atoms with van der Waals surface area (Å²) in [6.07, 6.45) is 0.161. The molecule has 0 aliphatic carbocycles. The molecule has 5 N–H and O–H groups in total. The fourth-order valence-electron chi connectivity index (χ4n) is 1.32. The quantitative estimate of drug-likeness (QED) is 0.542. The lowest BCUT2D eigenvalue weighted by Gasteiger charge is -2.16. The first-order valence-corrected chi connectivity index (χ1v) is 5.31. The van der Waals surface area contributed by atoms with E-state index in [0.29, 0.717) is 11.4 Å². The minimum absolute atomic E-state index is 0.0726. The normalized spacial score (nSPS) is 13.7. The molecule has 1 rings (SSSR count). The van der Waals surface area contributed by atoms with Gasteiger partial charge in [0.05, 0.1) is 24.4 Å². The Bertz CT molecular complexity index is 430. The van der Waals surface area contributed by atoms with Crippen molar-refractivity contribution in [3.05, 3.63) is 24.0 Å². The zero-order chi connectivity index (χ0) is 13.7. The van der Waals surface area contributed by atoms with Crippen LogP contribution in [0.25, 0.3) is 0 Å². The van der Waals surface area contributed by atoms with Gasteiger partial charge in [0.25, 0.3) is 0 Å². The summed E-state index contributed by atoms with van der Waals surface area (Å²) in [5, 5.41) is 20.2. The summed E-state index contributed by atoms with van der Waals surface area (Å²) in [5.41, 5.74) is 6.39. The van der Waals surface area contributed by atoms with Gasteiger partial charge in [0.15, 0.2) is 6.04 Å². The standard InChI is InChI=1S/C11H15N3O4/c1-6(15)10(11(17)18)14-9(16)4-8-3-2-7(12)5-13-8/h2-3,5-6,10,15H,4,12H2,1H3,(H,14,16)(H,17,18). The lowest BCUT2D eigenvalue weighted by atomic mass is 10.1. The Morgan fingerprint density at radius 3 is 2.61 bits per heavy atom. The van der Waals surface area contributed by atoms with Crippen LogP contribution >= 0.6 is 0 Å². The number of carboxylic acids is 1. The summed E-state index contributed by atoms with van der Waals surface area (Å²) in [4.78, 5) is 26.2. The number of rotatable bonds is 5. The number of nitrogens with two attached hydrogens (primary N) is 1. The second-order valence-electron chi connectivity index (χ2n) is 3.88. The van der Waals surface area contributed by atoms with Crippen LogP contribution in [0.3, 0.4) is 0 Å². The molecule has 2 atom stereocenters. The molecule has 0 bridgehead atoms. The molecule has 98 valence electrons. The smallest absolute Gasteiger partial charge is 0.328 e. The summed E-state index contributed by atoms with van der Waals surface area (Å²) in [5.74, 6) is -1.82. The van der Waals surface area contributed by atoms with E-state index < -0.39 is 24.0 Å². The molecule has 1 amide bonds. The highest BCUT2D eigenvalue weighted by atomic mass is 16.4. The topological polar surface area (TPSA) is 126 Å². The molecule has 0 radical (unpaired) electrons. The number of aliphatic hydroxyl groups is 1. The SMILES string of the molecule is CC(O)C(NC(=O)Cc1ccc(N)cn1)C(=O)O. The first kappa shape index (κ1) is 13.9. The van der Waals surface area contributed by atoms with Gasteiger partial charge in [-0.15, -0.1) is 0 Å². The Balaban J connectivity index is 2.60. The van der Waals surface area contributed by atoms with Gasteiger partial charge in [0, 0.05) is 5.69 Å². The Morgan fingerprint density at radius 1 is 1.50 bits per heavy atom. The van der Waals surface area contributed by atoms with Crippen molar-refractivity contribution in [2.24, 2.45) is 0 Å². The Hall–Kier alpha value is -2.15. The third-order valence-corrected chi connectivity index (χ3v) is 2.25. The molecule has 2 unspecified atom stereocenters. The van der Waals surface area contributed by atoms with E-state index in [1.54, 1.807) is 12.1 Å². The average Bonchev–Trinajstić information content (AvgIpc) is 2.28. The molecule has 0 saturated heterocycles. The number of hydrogen-bond donors (Lipinski definition) is 4. The zero-order valence-electron chi connectivity index (χ0n) is 9.83. The monoisotopic (exact) mass is 253 g/mol. The number of nitrogens with one attached hydrogen (secondary N) is 1. The van der Waals surface area contributed by atoms with Crippen LogP contribution in [0.5, 0.6) is 0 Å². The van der Waals surface area contributed by atoms with Gasteiger partial charge >= 0.3 is 5.97 Å². The van der Waals surface area contributed by atoms with Crippen LogP contribution in [-0.2, 0) is 16.0 Å². The van der Waals surface area contributed by atoms with Crippen molar-refractivity contribution in [1.29, 1.82) is 0 Å². The Labute approximate surface area is 104 Å². The van der Waals surface area contributed by atoms with E-state index in [4.69, 9.17) is 10.8 Å². The van der Waals surface area contributed by atoms with Gasteiger partial charge in [-0.25, -0.2) is 4.79 Å². The molecule has 0 aliphatic rings. The third kappa shape index (κ3) is 4.02. The largest absolute Gasteiger partial charge is 0.480 e. The molecule has 0 spiro atoms. The fourth-order valence-corrected chi connectivity index (χ4v) is 1.32. The van der Waals surface area contributed by atoms with Gasteiger partial charge in [-0.05, 0) is 19.1 Å². The van der Waals surface area contributed by atoms with Crippen molar-refractivity contribution < 1.29 is 19.8 Å². The minimum Gasteiger partial charge on any atom is -0.480 e. The van der Waals surface area contributed by atoms with Crippen LogP contribution < -0.4 is 11.1 Å². The molecule has 0 saturated carbocycles. The van der Waals surface area contributed by atoms with E-state index >= 15 is 0 Å². The van der Waals surface area contributed by atoms with Crippen LogP contribution in [0, 0.1) is 0 Å². The van der Waals surface area contributed by atoms with Crippen LogP contribution in [0.1, 0.15) is 12.6 Å². The summed E-state index contributed by atoms with van der Waals surface area (Å²) in [7, 11) is 0. The third-order valence-electron chi connectivity index (χ3n) is 2.25. The lowest BCUT2D eigenvalue weighted by molar-refractivity contribution is -0.144. The molecular weight excluding hydrogens is 238 g/mol. The molecule has 0 aliphatic heterocycles. The molecule has 7 heteroatoms. The number of amides is 1. The highest BCUT2D eigenvalue weighted by Crippen LogP contribution is 2.02. The predicted octanol–water partition coefficient (Wildman–Crippen LogP) is -0.844. The maximum atomic E-state index is 11.6. The number of carbonyl (C=O) groups excluding carboxylic acids is 1. The number of aliphatic carboxylic acids is 1. The molecule has 0 aromatic carbocycles. The van der Waals surface area contributed by atoms with Gasteiger partial charge in [0.2, 0.25) is 5.91 Å². The number of nitrogens with zero attached hydrogens (tertiary/aromatic N) is 1. The molecule has 1 aromatic rings. The molecule has 1 aromatic heterocycles. The van der Waals surface area contributed by atoms with E-state index in [2.05, 4.69) is 10.3 Å². The fraction of sp³-hybridized carbons (Fsp3) is 0.364. The van der Waals surface area contributed by atoms with Gasteiger partial charge in [-0.3, -0.25) is 9.78 Å². The van der Waals surface area contributed by atoms with Crippen molar-refractivity contribution >= 4 is 17.6 Å². The molecular formula is C11H15N3O4. The van der Waals surface area contributed by atoms with Crippen molar-refractivity contribution in [2.45, 2.75) is 25.5 Å². The van der Waals surface area contributed by atoms with Crippen molar-refractivity contribution in [2.75, 3.05) is 5.73 Å². The maximum Gasteiger partial charge on any atom is 0.328 e. The van der Waals surface area contributed by atoms with E-state index in [1.165, 1.54) is 13.1 Å². The summed E-state index contributed by atoms with van der Waals surface area (Å²) >= 11 is 0. The van der Waals surface area contributed by atoms with Crippen molar-refractivity contribution in [3.63, 3.8) is 0 Å². The van der Waals surface area contributed by atoms with Crippen molar-refractivity contribution in [3.8, 4) is 0 Å². The number of anilines is 1.